The maximum Gasteiger partial charge on any atom is 0.316 e. The van der Waals surface area contributed by atoms with E-state index in [1.165, 1.54) is 24.0 Å². The minimum Gasteiger partial charge on any atom is -0.480 e. The molecule has 1 N–H and O–H groups in total. The molecule has 0 aliphatic carbocycles. The average molecular weight is 292 g/mol. The van der Waals surface area contributed by atoms with E-state index in [9.17, 15) is 14.9 Å². The number of benzene rings is 1. The normalized spacial score (nSPS) is 12.2. The molecule has 0 aliphatic heterocycles. The largest absolute Gasteiger partial charge is 0.480 e. The molecule has 7 heteroatoms. The van der Waals surface area contributed by atoms with Crippen molar-refractivity contribution in [3.8, 4) is 0 Å². The van der Waals surface area contributed by atoms with Crippen LogP contribution in [0.1, 0.15) is 13.3 Å². The Kier molecular flexibility index (Phi) is 4.19. The lowest BCUT2D eigenvalue weighted by Gasteiger charge is -2.11. The number of carbonyl (C=O) groups is 1. The van der Waals surface area contributed by atoms with E-state index in [2.05, 4.69) is 4.98 Å². The van der Waals surface area contributed by atoms with E-state index in [1.54, 1.807) is 25.1 Å². The minimum atomic E-state index is -0.895. The number of aliphatic carboxylic acids is 1. The minimum absolute atomic E-state index is 0.0756. The second-order valence-corrected chi connectivity index (χ2v) is 5.34. The first-order chi connectivity index (χ1) is 9.54. The van der Waals surface area contributed by atoms with Crippen molar-refractivity contribution < 1.29 is 14.8 Å². The Hall–Kier alpha value is -2.15. The highest BCUT2D eigenvalue weighted by molar-refractivity contribution is 8.00. The van der Waals surface area contributed by atoms with Gasteiger partial charge >= 0.3 is 5.97 Å². The van der Waals surface area contributed by atoms with E-state index in [4.69, 9.17) is 5.11 Å². The predicted molar refractivity (Wildman–Crippen MR) is 76.0 cm³/mol. The number of nitro groups is 1. The van der Waals surface area contributed by atoms with Crippen LogP contribution in [0.15, 0.2) is 35.4 Å². The summed E-state index contributed by atoms with van der Waals surface area (Å²) in [6.45, 7) is 1.79. The van der Waals surface area contributed by atoms with Crippen LogP contribution < -0.4 is 0 Å². The number of carboxylic acids is 1. The van der Waals surface area contributed by atoms with Gasteiger partial charge in [-0.2, -0.15) is 0 Å². The fourth-order valence-electron chi connectivity index (χ4n) is 1.84. The molecule has 0 amide bonds. The zero-order valence-electron chi connectivity index (χ0n) is 10.6. The molecule has 20 heavy (non-hydrogen) atoms. The number of nitrogens with zero attached hydrogens (tertiary/aromatic N) is 2. The molecule has 6 nitrogen and oxygen atoms in total. The summed E-state index contributed by atoms with van der Waals surface area (Å²) in [6, 6.07) is 6.34. The van der Waals surface area contributed by atoms with Gasteiger partial charge in [0.25, 0.3) is 5.69 Å². The third-order valence-electron chi connectivity index (χ3n) is 2.82. The monoisotopic (exact) mass is 292 g/mol. The van der Waals surface area contributed by atoms with E-state index >= 15 is 0 Å². The summed E-state index contributed by atoms with van der Waals surface area (Å²) in [7, 11) is 0. The summed E-state index contributed by atoms with van der Waals surface area (Å²) < 4.78 is 0. The van der Waals surface area contributed by atoms with Crippen molar-refractivity contribution in [2.24, 2.45) is 0 Å². The van der Waals surface area contributed by atoms with Gasteiger partial charge in [0.2, 0.25) is 0 Å². The maximum absolute atomic E-state index is 11.1. The molecule has 1 aromatic heterocycles. The van der Waals surface area contributed by atoms with Gasteiger partial charge in [-0.1, -0.05) is 6.92 Å². The lowest BCUT2D eigenvalue weighted by molar-refractivity contribution is -0.383. The number of carboxylic acid groups (broad SMARTS) is 1. The number of pyridine rings is 1. The molecule has 0 fully saturated rings. The van der Waals surface area contributed by atoms with Crippen molar-refractivity contribution >= 4 is 34.3 Å². The molecule has 1 heterocycles. The number of rotatable bonds is 5. The smallest absolute Gasteiger partial charge is 0.316 e. The molecule has 1 aromatic carbocycles. The van der Waals surface area contributed by atoms with Gasteiger partial charge in [-0.05, 0) is 24.6 Å². The number of non-ortho nitro benzene ring substituents is 1. The van der Waals surface area contributed by atoms with Crippen LogP contribution in [0.3, 0.4) is 0 Å². The molecular formula is C13H12N2O4S. The van der Waals surface area contributed by atoms with Crippen molar-refractivity contribution in [2.75, 3.05) is 0 Å². The molecule has 0 spiro atoms. The summed E-state index contributed by atoms with van der Waals surface area (Å²) in [5.41, 5.74) is 0.205. The van der Waals surface area contributed by atoms with Gasteiger partial charge in [0.05, 0.1) is 4.92 Å². The van der Waals surface area contributed by atoms with E-state index in [-0.39, 0.29) is 11.2 Å². The van der Waals surface area contributed by atoms with Gasteiger partial charge in [-0.25, -0.2) is 4.98 Å². The molecular weight excluding hydrogens is 280 g/mol. The Morgan fingerprint density at radius 1 is 1.50 bits per heavy atom. The van der Waals surface area contributed by atoms with Crippen molar-refractivity contribution in [2.45, 2.75) is 23.5 Å². The molecule has 2 rings (SSSR count). The van der Waals surface area contributed by atoms with Crippen LogP contribution >= 0.6 is 11.8 Å². The summed E-state index contributed by atoms with van der Waals surface area (Å²) in [5.74, 6) is -0.895. The third kappa shape index (κ3) is 2.72. The summed E-state index contributed by atoms with van der Waals surface area (Å²) in [5, 5.41) is 20.1. The highest BCUT2D eigenvalue weighted by Crippen LogP contribution is 2.35. The number of aromatic nitrogens is 1. The van der Waals surface area contributed by atoms with E-state index in [1.807, 2.05) is 0 Å². The standard InChI is InChI=1S/C13H12N2O4S/c1-2-10(13(16)17)20-11-6-5-9(15(18)19)12-8(11)4-3-7-14-12/h3-7,10H,2H2,1H3,(H,16,17). The molecule has 1 unspecified atom stereocenters. The number of fused-ring (bicyclic) bond motifs is 1. The second-order valence-electron chi connectivity index (χ2n) is 4.09. The fraction of sp³-hybridized carbons (Fsp3) is 0.231. The maximum atomic E-state index is 11.1. The summed E-state index contributed by atoms with van der Waals surface area (Å²) in [4.78, 5) is 26.3. The summed E-state index contributed by atoms with van der Waals surface area (Å²) in [6.07, 6.45) is 1.96. The molecule has 104 valence electrons. The van der Waals surface area contributed by atoms with E-state index < -0.39 is 16.1 Å². The number of hydrogen-bond donors (Lipinski definition) is 1. The molecule has 0 aliphatic rings. The Morgan fingerprint density at radius 2 is 2.25 bits per heavy atom. The highest BCUT2D eigenvalue weighted by Gasteiger charge is 2.21. The Morgan fingerprint density at radius 3 is 2.85 bits per heavy atom. The quantitative estimate of drug-likeness (QED) is 0.517. The third-order valence-corrected chi connectivity index (χ3v) is 4.25. The van der Waals surface area contributed by atoms with Gasteiger partial charge in [-0.15, -0.1) is 11.8 Å². The van der Waals surface area contributed by atoms with Crippen LogP contribution in [0.4, 0.5) is 5.69 Å². The lowest BCUT2D eigenvalue weighted by atomic mass is 10.2. The molecule has 0 bridgehead atoms. The molecule has 2 aromatic rings. The SMILES string of the molecule is CCC(Sc1ccc([N+](=O)[O-])c2ncccc12)C(=O)O. The second kappa shape index (κ2) is 5.87. The van der Waals surface area contributed by atoms with E-state index in [0.717, 1.165) is 0 Å². The van der Waals surface area contributed by atoms with Gasteiger partial charge < -0.3 is 5.11 Å². The van der Waals surface area contributed by atoms with Crippen LogP contribution in [0.2, 0.25) is 0 Å². The average Bonchev–Trinajstić information content (AvgIpc) is 2.43. The van der Waals surface area contributed by atoms with Crippen molar-refractivity contribution in [1.82, 2.24) is 4.98 Å². The first-order valence-corrected chi connectivity index (χ1v) is 6.84. The first-order valence-electron chi connectivity index (χ1n) is 5.96. The van der Waals surface area contributed by atoms with Crippen LogP contribution in [-0.2, 0) is 4.79 Å². The van der Waals surface area contributed by atoms with E-state index in [0.29, 0.717) is 16.7 Å². The van der Waals surface area contributed by atoms with Crippen LogP contribution in [0, 0.1) is 10.1 Å². The van der Waals surface area contributed by atoms with Crippen LogP contribution in [-0.4, -0.2) is 26.2 Å². The van der Waals surface area contributed by atoms with Gasteiger partial charge in [0.15, 0.2) is 0 Å². The number of thioether (sulfide) groups is 1. The Bertz CT molecular complexity index is 674. The Balaban J connectivity index is 2.53. The molecule has 1 atom stereocenters. The molecule has 0 saturated carbocycles. The first kappa shape index (κ1) is 14.3. The zero-order chi connectivity index (χ0) is 14.7. The van der Waals surface area contributed by atoms with Crippen molar-refractivity contribution in [3.63, 3.8) is 0 Å². The van der Waals surface area contributed by atoms with Crippen molar-refractivity contribution in [1.29, 1.82) is 0 Å². The summed E-state index contributed by atoms with van der Waals surface area (Å²) >= 11 is 1.18. The predicted octanol–water partition coefficient (Wildman–Crippen LogP) is 3.10. The number of hydrogen-bond acceptors (Lipinski definition) is 5. The van der Waals surface area contributed by atoms with Gasteiger partial charge in [0.1, 0.15) is 10.8 Å². The number of nitro benzene ring substituents is 1. The van der Waals surface area contributed by atoms with Gasteiger partial charge in [0, 0.05) is 22.5 Å². The zero-order valence-corrected chi connectivity index (χ0v) is 11.5. The topological polar surface area (TPSA) is 93.3 Å². The Labute approximate surface area is 119 Å². The van der Waals surface area contributed by atoms with Crippen molar-refractivity contribution in [3.05, 3.63) is 40.6 Å². The molecule has 0 saturated heterocycles. The fourth-order valence-corrected chi connectivity index (χ4v) is 2.86. The van der Waals surface area contributed by atoms with Gasteiger partial charge in [-0.3, -0.25) is 14.9 Å². The lowest BCUT2D eigenvalue weighted by Crippen LogP contribution is -2.14. The van der Waals surface area contributed by atoms with Crippen LogP contribution in [0.5, 0.6) is 0 Å². The van der Waals surface area contributed by atoms with Crippen LogP contribution in [0.25, 0.3) is 10.9 Å². The highest BCUT2D eigenvalue weighted by atomic mass is 32.2. The molecule has 0 radical (unpaired) electrons.